The van der Waals surface area contributed by atoms with Crippen molar-refractivity contribution in [3.63, 3.8) is 0 Å². The van der Waals surface area contributed by atoms with Crippen molar-refractivity contribution >= 4 is 5.97 Å². The lowest BCUT2D eigenvalue weighted by molar-refractivity contribution is -0.141. The van der Waals surface area contributed by atoms with Gasteiger partial charge in [-0.2, -0.15) is 13.2 Å². The summed E-state index contributed by atoms with van der Waals surface area (Å²) in [5.74, 6) is -0.717. The Morgan fingerprint density at radius 1 is 1.21 bits per heavy atom. The average molecular weight is 406 g/mol. The molecule has 0 unspecified atom stereocenters. The normalized spacial score (nSPS) is 11.4. The highest BCUT2D eigenvalue weighted by atomic mass is 19.4. The fourth-order valence-electron chi connectivity index (χ4n) is 2.76. The zero-order valence-electron chi connectivity index (χ0n) is 15.8. The van der Waals surface area contributed by atoms with Gasteiger partial charge in [0.05, 0.1) is 31.9 Å². The average Bonchev–Trinajstić information content (AvgIpc) is 3.12. The van der Waals surface area contributed by atoms with Crippen LogP contribution in [0.2, 0.25) is 0 Å². The number of aryl methyl sites for hydroxylation is 1. The minimum absolute atomic E-state index is 0.0180. The van der Waals surface area contributed by atoms with Crippen molar-refractivity contribution < 1.29 is 27.4 Å². The van der Waals surface area contributed by atoms with E-state index in [0.29, 0.717) is 11.3 Å². The van der Waals surface area contributed by atoms with Gasteiger partial charge in [0.2, 0.25) is 0 Å². The van der Waals surface area contributed by atoms with Crippen molar-refractivity contribution in [1.29, 1.82) is 0 Å². The molecule has 152 valence electrons. The quantitative estimate of drug-likeness (QED) is 0.605. The fourth-order valence-corrected chi connectivity index (χ4v) is 2.76. The molecule has 0 atom stereocenters. The van der Waals surface area contributed by atoms with Crippen LogP contribution < -0.4 is 4.74 Å². The molecule has 7 nitrogen and oxygen atoms in total. The Morgan fingerprint density at radius 3 is 2.55 bits per heavy atom. The third kappa shape index (κ3) is 4.36. The van der Waals surface area contributed by atoms with E-state index in [1.54, 1.807) is 29.1 Å². The summed E-state index contributed by atoms with van der Waals surface area (Å²) in [5, 5.41) is 0. The summed E-state index contributed by atoms with van der Waals surface area (Å²) in [6.07, 6.45) is -0.512. The summed E-state index contributed by atoms with van der Waals surface area (Å²) >= 11 is 0. The van der Waals surface area contributed by atoms with Crippen molar-refractivity contribution in [2.24, 2.45) is 0 Å². The molecule has 0 aliphatic heterocycles. The Labute approximate surface area is 164 Å². The third-order valence-corrected chi connectivity index (χ3v) is 4.11. The van der Waals surface area contributed by atoms with Gasteiger partial charge in [-0.1, -0.05) is 6.07 Å². The van der Waals surface area contributed by atoms with Crippen molar-refractivity contribution in [3.05, 3.63) is 65.3 Å². The highest BCUT2D eigenvalue weighted by Crippen LogP contribution is 2.31. The van der Waals surface area contributed by atoms with Gasteiger partial charge in [0.1, 0.15) is 17.1 Å². The van der Waals surface area contributed by atoms with Crippen LogP contribution in [0.3, 0.4) is 0 Å². The molecule has 1 aromatic carbocycles. The first kappa shape index (κ1) is 20.3. The minimum Gasteiger partial charge on any atom is -0.495 e. The molecule has 10 heteroatoms. The van der Waals surface area contributed by atoms with Gasteiger partial charge in [-0.15, -0.1) is 0 Å². The van der Waals surface area contributed by atoms with Crippen LogP contribution in [0.25, 0.3) is 5.69 Å². The van der Waals surface area contributed by atoms with E-state index in [0.717, 1.165) is 24.7 Å². The number of ether oxygens (including phenoxy) is 2. The van der Waals surface area contributed by atoms with Gasteiger partial charge in [-0.3, -0.25) is 0 Å². The second kappa shape index (κ2) is 7.90. The van der Waals surface area contributed by atoms with Crippen molar-refractivity contribution in [3.8, 4) is 11.4 Å². The van der Waals surface area contributed by atoms with Crippen LogP contribution in [0.15, 0.2) is 36.9 Å². The van der Waals surface area contributed by atoms with Crippen LogP contribution in [0.5, 0.6) is 5.75 Å². The number of esters is 1. The molecule has 2 heterocycles. The van der Waals surface area contributed by atoms with Gasteiger partial charge in [0.15, 0.2) is 5.69 Å². The van der Waals surface area contributed by atoms with E-state index < -0.39 is 23.4 Å². The number of methoxy groups -OCH3 is 2. The summed E-state index contributed by atoms with van der Waals surface area (Å²) in [6, 6.07) is 5.19. The second-order valence-corrected chi connectivity index (χ2v) is 6.14. The van der Waals surface area contributed by atoms with Gasteiger partial charge in [0.25, 0.3) is 0 Å². The van der Waals surface area contributed by atoms with E-state index in [-0.39, 0.29) is 12.2 Å². The van der Waals surface area contributed by atoms with E-state index in [1.165, 1.54) is 7.11 Å². The lowest BCUT2D eigenvalue weighted by Crippen LogP contribution is -2.18. The molecule has 29 heavy (non-hydrogen) atoms. The number of hydrogen-bond donors (Lipinski definition) is 0. The lowest BCUT2D eigenvalue weighted by atomic mass is 10.1. The number of carbonyl (C=O) groups is 1. The SMILES string of the molecule is COC(=O)c1cnc(Cc2ccc(-n3cnc(C)c3)c(OC)c2)nc1C(F)(F)F. The number of rotatable bonds is 5. The Balaban J connectivity index is 1.94. The molecular weight excluding hydrogens is 389 g/mol. The second-order valence-electron chi connectivity index (χ2n) is 6.14. The Morgan fingerprint density at radius 2 is 1.97 bits per heavy atom. The minimum atomic E-state index is -4.82. The standard InChI is InChI=1S/C19H17F3N4O3/c1-11-9-26(10-24-11)14-5-4-12(6-15(14)28-2)7-16-23-8-13(18(27)29-3)17(25-16)19(20,21)22/h4-6,8-10H,7H2,1-3H3. The van der Waals surface area contributed by atoms with E-state index in [2.05, 4.69) is 19.7 Å². The number of halogens is 3. The predicted molar refractivity (Wildman–Crippen MR) is 96.0 cm³/mol. The first-order valence-electron chi connectivity index (χ1n) is 8.42. The van der Waals surface area contributed by atoms with E-state index >= 15 is 0 Å². The molecule has 0 spiro atoms. The Kier molecular flexibility index (Phi) is 5.53. The molecule has 0 fully saturated rings. The lowest BCUT2D eigenvalue weighted by Gasteiger charge is -2.13. The third-order valence-electron chi connectivity index (χ3n) is 4.11. The molecule has 2 aromatic heterocycles. The van der Waals surface area contributed by atoms with Crippen molar-refractivity contribution in [2.45, 2.75) is 19.5 Å². The van der Waals surface area contributed by atoms with Gasteiger partial charge < -0.3 is 14.0 Å². The molecule has 0 radical (unpaired) electrons. The summed E-state index contributed by atoms with van der Waals surface area (Å²) in [5.41, 5.74) is 0.144. The van der Waals surface area contributed by atoms with Crippen LogP contribution >= 0.6 is 0 Å². The number of hydrogen-bond acceptors (Lipinski definition) is 6. The molecule has 0 N–H and O–H groups in total. The summed E-state index contributed by atoms with van der Waals surface area (Å²) in [4.78, 5) is 23.2. The Bertz CT molecular complexity index is 1050. The van der Waals surface area contributed by atoms with Crippen LogP contribution in [-0.4, -0.2) is 39.7 Å². The van der Waals surface area contributed by atoms with E-state index in [9.17, 15) is 18.0 Å². The monoisotopic (exact) mass is 406 g/mol. The molecule has 0 bridgehead atoms. The van der Waals surface area contributed by atoms with Gasteiger partial charge in [0, 0.05) is 18.8 Å². The van der Waals surface area contributed by atoms with Crippen LogP contribution in [0.4, 0.5) is 13.2 Å². The zero-order valence-corrected chi connectivity index (χ0v) is 15.8. The maximum atomic E-state index is 13.3. The van der Waals surface area contributed by atoms with Crippen LogP contribution in [0, 0.1) is 6.92 Å². The van der Waals surface area contributed by atoms with E-state index in [1.807, 2.05) is 13.1 Å². The first-order chi connectivity index (χ1) is 13.7. The predicted octanol–water partition coefficient (Wildman–Crippen LogP) is 3.38. The molecule has 0 aliphatic rings. The number of alkyl halides is 3. The van der Waals surface area contributed by atoms with Crippen molar-refractivity contribution in [2.75, 3.05) is 14.2 Å². The highest BCUT2D eigenvalue weighted by molar-refractivity contribution is 5.90. The maximum Gasteiger partial charge on any atom is 0.434 e. The zero-order chi connectivity index (χ0) is 21.2. The molecule has 0 saturated carbocycles. The summed E-state index contributed by atoms with van der Waals surface area (Å²) < 4.78 is 51.4. The molecule has 3 rings (SSSR count). The van der Waals surface area contributed by atoms with Crippen LogP contribution in [-0.2, 0) is 17.3 Å². The number of carbonyl (C=O) groups excluding carboxylic acids is 1. The molecule has 0 aliphatic carbocycles. The number of aromatic nitrogens is 4. The number of nitrogens with zero attached hydrogens (tertiary/aromatic N) is 4. The van der Waals surface area contributed by atoms with Gasteiger partial charge >= 0.3 is 12.1 Å². The highest BCUT2D eigenvalue weighted by Gasteiger charge is 2.38. The molecule has 3 aromatic rings. The summed E-state index contributed by atoms with van der Waals surface area (Å²) in [6.45, 7) is 1.85. The molecular formula is C19H17F3N4O3. The molecule has 0 amide bonds. The molecule has 0 saturated heterocycles. The topological polar surface area (TPSA) is 79.1 Å². The van der Waals surface area contributed by atoms with Crippen LogP contribution in [0.1, 0.15) is 33.1 Å². The maximum absolute atomic E-state index is 13.3. The smallest absolute Gasteiger partial charge is 0.434 e. The number of imidazole rings is 1. The van der Waals surface area contributed by atoms with Crippen molar-refractivity contribution in [1.82, 2.24) is 19.5 Å². The van der Waals surface area contributed by atoms with Gasteiger partial charge in [-0.05, 0) is 24.6 Å². The van der Waals surface area contributed by atoms with E-state index in [4.69, 9.17) is 4.74 Å². The number of benzene rings is 1. The largest absolute Gasteiger partial charge is 0.495 e. The Hall–Kier alpha value is -3.43. The summed E-state index contributed by atoms with van der Waals surface area (Å²) in [7, 11) is 2.49. The first-order valence-corrected chi connectivity index (χ1v) is 8.42. The van der Waals surface area contributed by atoms with Gasteiger partial charge in [-0.25, -0.2) is 19.7 Å². The fraction of sp³-hybridized carbons (Fsp3) is 0.263.